The Labute approximate surface area is 86.0 Å². The summed E-state index contributed by atoms with van der Waals surface area (Å²) in [5, 5.41) is 0. The monoisotopic (exact) mass is 196 g/mol. The van der Waals surface area contributed by atoms with Gasteiger partial charge in [0.25, 0.3) is 0 Å². The van der Waals surface area contributed by atoms with Gasteiger partial charge >= 0.3 is 0 Å². The maximum atomic E-state index is 12.1. The maximum Gasteiger partial charge on any atom is 0.230 e. The summed E-state index contributed by atoms with van der Waals surface area (Å²) in [6.07, 6.45) is 4.81. The van der Waals surface area contributed by atoms with Gasteiger partial charge < -0.3 is 10.6 Å². The highest BCUT2D eigenvalue weighted by molar-refractivity contribution is 5.84. The molecule has 0 aromatic rings. The van der Waals surface area contributed by atoms with Gasteiger partial charge in [0, 0.05) is 19.6 Å². The van der Waals surface area contributed by atoms with Crippen molar-refractivity contribution in [1.29, 1.82) is 0 Å². The third-order valence-electron chi connectivity index (χ3n) is 3.17. The van der Waals surface area contributed by atoms with E-state index in [-0.39, 0.29) is 11.3 Å². The van der Waals surface area contributed by atoms with Crippen molar-refractivity contribution in [2.24, 2.45) is 11.1 Å². The Balaban J connectivity index is 2.65. The van der Waals surface area contributed by atoms with E-state index >= 15 is 0 Å². The van der Waals surface area contributed by atoms with Crippen molar-refractivity contribution in [2.45, 2.75) is 26.2 Å². The molecule has 0 spiro atoms. The van der Waals surface area contributed by atoms with E-state index < -0.39 is 0 Å². The number of nitrogens with zero attached hydrogens (tertiary/aromatic N) is 1. The highest BCUT2D eigenvalue weighted by Crippen LogP contribution is 2.41. The van der Waals surface area contributed by atoms with Crippen LogP contribution in [0.15, 0.2) is 12.7 Å². The lowest BCUT2D eigenvalue weighted by molar-refractivity contribution is -0.145. The van der Waals surface area contributed by atoms with Crippen molar-refractivity contribution in [3.63, 3.8) is 0 Å². The Morgan fingerprint density at radius 1 is 1.64 bits per heavy atom. The first kappa shape index (κ1) is 11.2. The van der Waals surface area contributed by atoms with Gasteiger partial charge in [0.1, 0.15) is 0 Å². The molecular formula is C11H20N2O. The van der Waals surface area contributed by atoms with Gasteiger partial charge in [-0.15, -0.1) is 6.58 Å². The molecule has 3 nitrogen and oxygen atoms in total. The van der Waals surface area contributed by atoms with Crippen LogP contribution in [0.25, 0.3) is 0 Å². The lowest BCUT2D eigenvalue weighted by Crippen LogP contribution is -2.51. The molecular weight excluding hydrogens is 176 g/mol. The fraction of sp³-hybridized carbons (Fsp3) is 0.727. The van der Waals surface area contributed by atoms with Crippen molar-refractivity contribution >= 4 is 5.91 Å². The van der Waals surface area contributed by atoms with Gasteiger partial charge in [-0.3, -0.25) is 4.79 Å². The molecule has 14 heavy (non-hydrogen) atoms. The summed E-state index contributed by atoms with van der Waals surface area (Å²) in [6.45, 7) is 7.51. The number of rotatable bonds is 5. The summed E-state index contributed by atoms with van der Waals surface area (Å²) in [7, 11) is 0. The van der Waals surface area contributed by atoms with Crippen molar-refractivity contribution < 1.29 is 4.79 Å². The van der Waals surface area contributed by atoms with Crippen molar-refractivity contribution in [2.75, 3.05) is 19.6 Å². The van der Waals surface area contributed by atoms with Crippen molar-refractivity contribution in [1.82, 2.24) is 4.90 Å². The SMILES string of the molecule is C=CCN(CC)C(=O)C1(CN)CCC1. The third-order valence-corrected chi connectivity index (χ3v) is 3.17. The molecule has 0 aromatic carbocycles. The first-order valence-corrected chi connectivity index (χ1v) is 5.30. The summed E-state index contributed by atoms with van der Waals surface area (Å²) in [6, 6.07) is 0. The molecule has 0 aliphatic heterocycles. The molecule has 3 heteroatoms. The molecule has 2 N–H and O–H groups in total. The van der Waals surface area contributed by atoms with Crippen LogP contribution in [0.3, 0.4) is 0 Å². The average Bonchev–Trinajstić information content (AvgIpc) is 2.13. The molecule has 1 amide bonds. The second kappa shape index (κ2) is 4.60. The first-order chi connectivity index (χ1) is 6.70. The predicted octanol–water partition coefficient (Wildman–Crippen LogP) is 1.15. The molecule has 0 unspecified atom stereocenters. The van der Waals surface area contributed by atoms with Crippen LogP contribution in [0.2, 0.25) is 0 Å². The van der Waals surface area contributed by atoms with Crippen LogP contribution in [0.5, 0.6) is 0 Å². The standard InChI is InChI=1S/C11H20N2O/c1-3-8-13(4-2)10(14)11(9-12)6-5-7-11/h3H,1,4-9,12H2,2H3. The number of hydrogen-bond acceptors (Lipinski definition) is 2. The first-order valence-electron chi connectivity index (χ1n) is 5.30. The second-order valence-electron chi connectivity index (χ2n) is 3.97. The maximum absolute atomic E-state index is 12.1. The van der Waals surface area contributed by atoms with Crippen LogP contribution in [0.1, 0.15) is 26.2 Å². The largest absolute Gasteiger partial charge is 0.339 e. The van der Waals surface area contributed by atoms with Gasteiger partial charge in [0.15, 0.2) is 0 Å². The smallest absolute Gasteiger partial charge is 0.230 e. The molecule has 0 bridgehead atoms. The van der Waals surface area contributed by atoms with E-state index in [1.165, 1.54) is 0 Å². The number of carbonyl (C=O) groups is 1. The molecule has 0 saturated heterocycles. The molecule has 1 aliphatic carbocycles. The van der Waals surface area contributed by atoms with Crippen LogP contribution >= 0.6 is 0 Å². The molecule has 80 valence electrons. The van der Waals surface area contributed by atoms with E-state index in [0.29, 0.717) is 13.1 Å². The van der Waals surface area contributed by atoms with Crippen LogP contribution in [-0.2, 0) is 4.79 Å². The minimum absolute atomic E-state index is 0.216. The van der Waals surface area contributed by atoms with Gasteiger partial charge in [0.05, 0.1) is 5.41 Å². The fourth-order valence-corrected chi connectivity index (χ4v) is 1.96. The summed E-state index contributed by atoms with van der Waals surface area (Å²) >= 11 is 0. The molecule has 0 atom stereocenters. The normalized spacial score (nSPS) is 18.4. The van der Waals surface area contributed by atoms with Crippen molar-refractivity contribution in [3.8, 4) is 0 Å². The minimum atomic E-state index is -0.237. The van der Waals surface area contributed by atoms with Gasteiger partial charge in [-0.1, -0.05) is 12.5 Å². The van der Waals surface area contributed by atoms with E-state index in [1.807, 2.05) is 11.8 Å². The van der Waals surface area contributed by atoms with Crippen LogP contribution in [0, 0.1) is 5.41 Å². The lowest BCUT2D eigenvalue weighted by atomic mass is 9.68. The topological polar surface area (TPSA) is 46.3 Å². The Morgan fingerprint density at radius 3 is 2.57 bits per heavy atom. The van der Waals surface area contributed by atoms with Gasteiger partial charge in [0.2, 0.25) is 5.91 Å². The predicted molar refractivity (Wildman–Crippen MR) is 57.8 cm³/mol. The Morgan fingerprint density at radius 2 is 2.29 bits per heavy atom. The second-order valence-corrected chi connectivity index (χ2v) is 3.97. The molecule has 0 heterocycles. The number of amides is 1. The van der Waals surface area contributed by atoms with Gasteiger partial charge in [-0.2, -0.15) is 0 Å². The summed E-state index contributed by atoms with van der Waals surface area (Å²) in [4.78, 5) is 13.9. The Kier molecular flexibility index (Phi) is 3.69. The van der Waals surface area contributed by atoms with Gasteiger partial charge in [-0.05, 0) is 19.8 Å². The number of hydrogen-bond donors (Lipinski definition) is 1. The fourth-order valence-electron chi connectivity index (χ4n) is 1.96. The van der Waals surface area contributed by atoms with Crippen molar-refractivity contribution in [3.05, 3.63) is 12.7 Å². The molecule has 1 saturated carbocycles. The summed E-state index contributed by atoms with van der Waals surface area (Å²) < 4.78 is 0. The molecule has 0 aromatic heterocycles. The summed E-state index contributed by atoms with van der Waals surface area (Å²) in [5.41, 5.74) is 5.45. The van der Waals surface area contributed by atoms with Crippen LogP contribution < -0.4 is 5.73 Å². The minimum Gasteiger partial charge on any atom is -0.339 e. The van der Waals surface area contributed by atoms with E-state index in [2.05, 4.69) is 6.58 Å². The average molecular weight is 196 g/mol. The van der Waals surface area contributed by atoms with E-state index in [0.717, 1.165) is 25.8 Å². The Bertz CT molecular complexity index is 216. The highest BCUT2D eigenvalue weighted by atomic mass is 16.2. The van der Waals surface area contributed by atoms with Crippen LogP contribution in [0.4, 0.5) is 0 Å². The zero-order valence-electron chi connectivity index (χ0n) is 8.96. The summed E-state index contributed by atoms with van der Waals surface area (Å²) in [5.74, 6) is 0.216. The molecule has 0 radical (unpaired) electrons. The van der Waals surface area contributed by atoms with Crippen LogP contribution in [-0.4, -0.2) is 30.4 Å². The highest BCUT2D eigenvalue weighted by Gasteiger charge is 2.44. The zero-order chi connectivity index (χ0) is 10.6. The lowest BCUT2D eigenvalue weighted by Gasteiger charge is -2.42. The third kappa shape index (κ3) is 1.82. The van der Waals surface area contributed by atoms with Gasteiger partial charge in [-0.25, -0.2) is 0 Å². The Hall–Kier alpha value is -0.830. The molecule has 1 fully saturated rings. The van der Waals surface area contributed by atoms with E-state index in [4.69, 9.17) is 5.73 Å². The number of carbonyl (C=O) groups excluding carboxylic acids is 1. The zero-order valence-corrected chi connectivity index (χ0v) is 8.96. The van der Waals surface area contributed by atoms with E-state index in [9.17, 15) is 4.79 Å². The molecule has 1 aliphatic rings. The van der Waals surface area contributed by atoms with E-state index in [1.54, 1.807) is 6.08 Å². The quantitative estimate of drug-likeness (QED) is 0.670. The number of likely N-dealkylation sites (N-methyl/N-ethyl adjacent to an activating group) is 1. The molecule has 1 rings (SSSR count). The number of nitrogens with two attached hydrogens (primary N) is 1.